The number of likely N-dealkylation sites (N-methyl/N-ethyl adjacent to an activating group) is 1. The molecule has 0 radical (unpaired) electrons. The van der Waals surface area contributed by atoms with Crippen LogP contribution in [0.25, 0.3) is 11.4 Å². The molecule has 0 saturated heterocycles. The van der Waals surface area contributed by atoms with Crippen LogP contribution in [0.3, 0.4) is 0 Å². The van der Waals surface area contributed by atoms with Crippen molar-refractivity contribution in [2.24, 2.45) is 0 Å². The summed E-state index contributed by atoms with van der Waals surface area (Å²) >= 11 is 5.82. The Balaban J connectivity index is 1.49. The monoisotopic (exact) mass is 389 g/mol. The Morgan fingerprint density at radius 3 is 2.59 bits per heavy atom. The number of benzene rings is 2. The number of ether oxygens (including phenoxy) is 1. The summed E-state index contributed by atoms with van der Waals surface area (Å²) in [5, 5.41) is 12.5. The summed E-state index contributed by atoms with van der Waals surface area (Å²) in [7, 11) is 1.67. The normalized spacial score (nSPS) is 10.6. The summed E-state index contributed by atoms with van der Waals surface area (Å²) in [6.45, 7) is 0.697. The number of halogens is 2. The van der Waals surface area contributed by atoms with Crippen LogP contribution in [0.1, 0.15) is 0 Å². The molecule has 0 aliphatic rings. The largest absolute Gasteiger partial charge is 0.492 e. The maximum absolute atomic E-state index is 13.0. The van der Waals surface area contributed by atoms with E-state index in [1.807, 2.05) is 0 Å². The molecule has 2 aromatic carbocycles. The molecule has 1 amide bonds. The third-order valence-electron chi connectivity index (χ3n) is 3.77. The maximum Gasteiger partial charge on any atom is 0.246 e. The van der Waals surface area contributed by atoms with Crippen molar-refractivity contribution in [2.75, 3.05) is 20.2 Å². The van der Waals surface area contributed by atoms with Crippen LogP contribution in [0.15, 0.2) is 48.5 Å². The molecular weight excluding hydrogens is 373 g/mol. The van der Waals surface area contributed by atoms with Gasteiger partial charge in [-0.3, -0.25) is 4.79 Å². The lowest BCUT2D eigenvalue weighted by Gasteiger charge is -2.17. The predicted molar refractivity (Wildman–Crippen MR) is 97.8 cm³/mol. The summed E-state index contributed by atoms with van der Waals surface area (Å²) < 4.78 is 18.5. The smallest absolute Gasteiger partial charge is 0.246 e. The molecule has 0 saturated carbocycles. The lowest BCUT2D eigenvalue weighted by Crippen LogP contribution is -2.34. The Morgan fingerprint density at radius 2 is 1.89 bits per heavy atom. The minimum atomic E-state index is -0.344. The third kappa shape index (κ3) is 5.24. The SMILES string of the molecule is CN(CCOc1ccc(Cl)cc1)C(=O)Cn1nnc(-c2ccc(F)cc2)n1. The Hall–Kier alpha value is -3.00. The van der Waals surface area contributed by atoms with Gasteiger partial charge in [0.1, 0.15) is 24.7 Å². The average Bonchev–Trinajstić information content (AvgIpc) is 3.12. The van der Waals surface area contributed by atoms with Gasteiger partial charge in [0, 0.05) is 17.6 Å². The van der Waals surface area contributed by atoms with Gasteiger partial charge in [-0.25, -0.2) is 4.39 Å². The number of nitrogens with zero attached hydrogens (tertiary/aromatic N) is 5. The number of carbonyl (C=O) groups excluding carboxylic acids is 1. The number of aromatic nitrogens is 4. The molecule has 0 aliphatic carbocycles. The van der Waals surface area contributed by atoms with E-state index in [-0.39, 0.29) is 18.3 Å². The molecule has 7 nitrogen and oxygen atoms in total. The van der Waals surface area contributed by atoms with Crippen molar-refractivity contribution >= 4 is 17.5 Å². The second kappa shape index (κ2) is 8.59. The zero-order valence-electron chi connectivity index (χ0n) is 14.5. The van der Waals surface area contributed by atoms with E-state index >= 15 is 0 Å². The van der Waals surface area contributed by atoms with E-state index in [9.17, 15) is 9.18 Å². The van der Waals surface area contributed by atoms with Gasteiger partial charge in [0.25, 0.3) is 0 Å². The van der Waals surface area contributed by atoms with Crippen LogP contribution < -0.4 is 4.74 Å². The van der Waals surface area contributed by atoms with E-state index in [2.05, 4.69) is 15.4 Å². The molecule has 0 bridgehead atoms. The first-order chi connectivity index (χ1) is 13.0. The quantitative estimate of drug-likeness (QED) is 0.621. The van der Waals surface area contributed by atoms with Crippen molar-refractivity contribution in [2.45, 2.75) is 6.54 Å². The predicted octanol–water partition coefficient (Wildman–Crippen LogP) is 2.67. The fraction of sp³-hybridized carbons (Fsp3) is 0.222. The van der Waals surface area contributed by atoms with E-state index in [0.29, 0.717) is 35.3 Å². The third-order valence-corrected chi connectivity index (χ3v) is 4.02. The Morgan fingerprint density at radius 1 is 1.19 bits per heavy atom. The lowest BCUT2D eigenvalue weighted by atomic mass is 10.2. The van der Waals surface area contributed by atoms with Gasteiger partial charge in [-0.1, -0.05) is 11.6 Å². The summed E-state index contributed by atoms with van der Waals surface area (Å²) in [4.78, 5) is 15.0. The zero-order chi connectivity index (χ0) is 19.2. The van der Waals surface area contributed by atoms with Gasteiger partial charge in [-0.2, -0.15) is 4.80 Å². The minimum Gasteiger partial charge on any atom is -0.492 e. The molecule has 0 aliphatic heterocycles. The highest BCUT2D eigenvalue weighted by atomic mass is 35.5. The average molecular weight is 390 g/mol. The maximum atomic E-state index is 13.0. The second-order valence-electron chi connectivity index (χ2n) is 5.77. The molecule has 27 heavy (non-hydrogen) atoms. The van der Waals surface area contributed by atoms with Gasteiger partial charge in [-0.15, -0.1) is 10.2 Å². The minimum absolute atomic E-state index is 0.0500. The first-order valence-electron chi connectivity index (χ1n) is 8.17. The lowest BCUT2D eigenvalue weighted by molar-refractivity contribution is -0.131. The van der Waals surface area contributed by atoms with Gasteiger partial charge in [0.15, 0.2) is 0 Å². The Labute approximate surface area is 160 Å². The number of hydrogen-bond acceptors (Lipinski definition) is 5. The molecule has 1 aromatic heterocycles. The summed E-state index contributed by atoms with van der Waals surface area (Å²) in [6.07, 6.45) is 0. The molecule has 3 aromatic rings. The van der Waals surface area contributed by atoms with E-state index in [4.69, 9.17) is 16.3 Å². The molecule has 0 atom stereocenters. The van der Waals surface area contributed by atoms with Crippen molar-refractivity contribution in [3.05, 3.63) is 59.4 Å². The number of rotatable bonds is 7. The van der Waals surface area contributed by atoms with Crippen LogP contribution in [0, 0.1) is 5.82 Å². The van der Waals surface area contributed by atoms with Crippen molar-refractivity contribution in [3.8, 4) is 17.1 Å². The first kappa shape index (κ1) is 18.8. The molecule has 140 valence electrons. The first-order valence-corrected chi connectivity index (χ1v) is 8.55. The van der Waals surface area contributed by atoms with E-state index < -0.39 is 0 Å². The van der Waals surface area contributed by atoms with Crippen LogP contribution in [-0.2, 0) is 11.3 Å². The van der Waals surface area contributed by atoms with Crippen molar-refractivity contribution < 1.29 is 13.9 Å². The number of amides is 1. The van der Waals surface area contributed by atoms with E-state index in [0.717, 1.165) is 0 Å². The highest BCUT2D eigenvalue weighted by Gasteiger charge is 2.13. The van der Waals surface area contributed by atoms with Gasteiger partial charge in [-0.05, 0) is 53.7 Å². The molecule has 0 fully saturated rings. The van der Waals surface area contributed by atoms with Crippen LogP contribution in [0.5, 0.6) is 5.75 Å². The Bertz CT molecular complexity index is 899. The number of tetrazole rings is 1. The van der Waals surface area contributed by atoms with Crippen LogP contribution in [0.4, 0.5) is 4.39 Å². The van der Waals surface area contributed by atoms with Crippen LogP contribution in [-0.4, -0.2) is 51.2 Å². The van der Waals surface area contributed by atoms with Gasteiger partial charge < -0.3 is 9.64 Å². The van der Waals surface area contributed by atoms with Crippen LogP contribution in [0.2, 0.25) is 5.02 Å². The topological polar surface area (TPSA) is 73.1 Å². The van der Waals surface area contributed by atoms with Crippen molar-refractivity contribution in [1.82, 2.24) is 25.1 Å². The van der Waals surface area contributed by atoms with E-state index in [1.54, 1.807) is 43.4 Å². The molecular formula is C18H17ClFN5O2. The zero-order valence-corrected chi connectivity index (χ0v) is 15.3. The number of carbonyl (C=O) groups is 1. The van der Waals surface area contributed by atoms with Gasteiger partial charge in [0.2, 0.25) is 11.7 Å². The number of hydrogen-bond donors (Lipinski definition) is 0. The summed E-state index contributed by atoms with van der Waals surface area (Å²) in [5.41, 5.74) is 0.625. The summed E-state index contributed by atoms with van der Waals surface area (Å²) in [5.74, 6) is 0.486. The standard InChI is InChI=1S/C18H17ClFN5O2/c1-24(10-11-27-16-8-4-14(19)5-9-16)17(26)12-25-22-18(21-23-25)13-2-6-15(20)7-3-13/h2-9H,10-12H2,1H3. The molecule has 1 heterocycles. The highest BCUT2D eigenvalue weighted by molar-refractivity contribution is 6.30. The van der Waals surface area contributed by atoms with Crippen molar-refractivity contribution in [3.63, 3.8) is 0 Å². The van der Waals surface area contributed by atoms with Gasteiger partial charge in [0.05, 0.1) is 6.54 Å². The summed E-state index contributed by atoms with van der Waals surface area (Å²) in [6, 6.07) is 12.7. The fourth-order valence-corrected chi connectivity index (χ4v) is 2.35. The molecule has 9 heteroatoms. The molecule has 0 unspecified atom stereocenters. The van der Waals surface area contributed by atoms with E-state index in [1.165, 1.54) is 21.8 Å². The molecule has 0 spiro atoms. The fourth-order valence-electron chi connectivity index (χ4n) is 2.22. The Kier molecular flexibility index (Phi) is 5.97. The van der Waals surface area contributed by atoms with Crippen molar-refractivity contribution in [1.29, 1.82) is 0 Å². The second-order valence-corrected chi connectivity index (χ2v) is 6.20. The van der Waals surface area contributed by atoms with Gasteiger partial charge >= 0.3 is 0 Å². The molecule has 0 N–H and O–H groups in total. The molecule has 3 rings (SSSR count). The highest BCUT2D eigenvalue weighted by Crippen LogP contribution is 2.15. The van der Waals surface area contributed by atoms with Crippen LogP contribution >= 0.6 is 11.6 Å².